The quantitative estimate of drug-likeness (QED) is 0.360. The molecule has 0 aliphatic rings. The van der Waals surface area contributed by atoms with E-state index in [2.05, 4.69) is 49.6 Å². The molecule has 0 aliphatic heterocycles. The Morgan fingerprint density at radius 3 is 2.36 bits per heavy atom. The Morgan fingerprint density at radius 1 is 1.27 bits per heavy atom. The maximum atomic E-state index is 9.75. The van der Waals surface area contributed by atoms with Gasteiger partial charge in [-0.2, -0.15) is 0 Å². The van der Waals surface area contributed by atoms with Crippen molar-refractivity contribution >= 4 is 54.3 Å². The molecule has 0 aliphatic carbocycles. The van der Waals surface area contributed by atoms with E-state index >= 15 is 0 Å². The Kier molecular flexibility index (Phi) is 7.44. The van der Waals surface area contributed by atoms with Gasteiger partial charge in [0, 0.05) is 0 Å². The third kappa shape index (κ3) is 6.32. The average molecular weight is 449 g/mol. The van der Waals surface area contributed by atoms with Crippen LogP contribution in [0.4, 0.5) is 17.3 Å². The third-order valence-electron chi connectivity index (χ3n) is 2.82. The van der Waals surface area contributed by atoms with Crippen LogP contribution in [0.5, 0.6) is 0 Å². The molecular formula is C14H17BClF4NTe. The zero-order chi connectivity index (χ0) is 16.9. The normalized spacial score (nSPS) is 12.3. The molecule has 0 N–H and O–H groups in total. The molecule has 1 aromatic heterocycles. The van der Waals surface area contributed by atoms with Crippen LogP contribution in [0, 0.1) is 6.92 Å². The predicted molar refractivity (Wildman–Crippen MR) is 85.8 cm³/mol. The topological polar surface area (TPSA) is 3.88 Å². The first-order valence-electron chi connectivity index (χ1n) is 6.82. The van der Waals surface area contributed by atoms with Crippen LogP contribution >= 0.6 is 11.6 Å². The van der Waals surface area contributed by atoms with Crippen LogP contribution in [0.3, 0.4) is 0 Å². The molecule has 1 nitrogen and oxygen atoms in total. The largest absolute Gasteiger partial charge is 0.673 e. The summed E-state index contributed by atoms with van der Waals surface area (Å²) < 4.78 is 44.4. The van der Waals surface area contributed by atoms with E-state index in [-0.39, 0.29) is 20.4 Å². The van der Waals surface area contributed by atoms with Crippen molar-refractivity contribution in [3.05, 3.63) is 32.5 Å². The minimum atomic E-state index is -6.00. The fourth-order valence-corrected chi connectivity index (χ4v) is 5.54. The predicted octanol–water partition coefficient (Wildman–Crippen LogP) is 4.80. The standard InChI is InChI=1S/C14H17ClNTe.BF4/c1-4-11(15)9-14-16(5-2)12-8-10(3)6-7-13(12)17-14;2-1(3,4)5/h6-9H,4-5H2,1-3H3;/q+1;-1/b11-9+;. The first-order valence-corrected chi connectivity index (χ1v) is 9.53. The Bertz CT molecular complexity index is 661. The number of allylic oxidation sites excluding steroid dienone is 1. The van der Waals surface area contributed by atoms with Crippen LogP contribution in [0.25, 0.3) is 15.0 Å². The summed E-state index contributed by atoms with van der Waals surface area (Å²) in [4.78, 5) is 0. The zero-order valence-electron chi connectivity index (χ0n) is 12.5. The molecule has 0 unspecified atom stereocenters. The Hall–Kier alpha value is -0.505. The van der Waals surface area contributed by atoms with Gasteiger partial charge in [0.05, 0.1) is 0 Å². The number of rotatable bonds is 3. The van der Waals surface area contributed by atoms with Crippen molar-refractivity contribution in [2.45, 2.75) is 33.7 Å². The van der Waals surface area contributed by atoms with Gasteiger partial charge in [-0.15, -0.1) is 0 Å². The minimum absolute atomic E-state index is 0.254. The van der Waals surface area contributed by atoms with Crippen LogP contribution in [-0.4, -0.2) is 27.7 Å². The van der Waals surface area contributed by atoms with Gasteiger partial charge in [-0.25, -0.2) is 0 Å². The molecule has 0 bridgehead atoms. The van der Waals surface area contributed by atoms with Crippen LogP contribution in [-0.2, 0) is 6.54 Å². The van der Waals surface area contributed by atoms with Crippen LogP contribution < -0.4 is 4.57 Å². The van der Waals surface area contributed by atoms with Gasteiger partial charge in [-0.05, 0) is 0 Å². The van der Waals surface area contributed by atoms with Crippen molar-refractivity contribution in [1.29, 1.82) is 0 Å². The van der Waals surface area contributed by atoms with Gasteiger partial charge in [0.2, 0.25) is 0 Å². The van der Waals surface area contributed by atoms with Gasteiger partial charge in [0.1, 0.15) is 0 Å². The number of halogens is 5. The summed E-state index contributed by atoms with van der Waals surface area (Å²) >= 11 is 5.92. The van der Waals surface area contributed by atoms with Crippen LogP contribution in [0.15, 0.2) is 23.2 Å². The molecule has 0 amide bonds. The average Bonchev–Trinajstić information content (AvgIpc) is 2.73. The van der Waals surface area contributed by atoms with Crippen molar-refractivity contribution < 1.29 is 21.8 Å². The number of benzene rings is 1. The van der Waals surface area contributed by atoms with Gasteiger partial charge in [-0.3, -0.25) is 0 Å². The Labute approximate surface area is 142 Å². The molecule has 0 saturated carbocycles. The molecule has 0 fully saturated rings. The maximum Gasteiger partial charge on any atom is 0.673 e. The SMILES string of the molecule is CC/C(Cl)=C\c1[te]c2ccc(C)cc2[n+]1CC.F[B-](F)(F)F. The van der Waals surface area contributed by atoms with Crippen molar-refractivity contribution in [3.63, 3.8) is 0 Å². The number of fused-ring (bicyclic) bond motifs is 1. The zero-order valence-corrected chi connectivity index (χ0v) is 15.6. The molecular weight excluding hydrogens is 432 g/mol. The number of hydrogen-bond donors (Lipinski definition) is 0. The van der Waals surface area contributed by atoms with E-state index in [0.717, 1.165) is 18.0 Å². The van der Waals surface area contributed by atoms with Crippen molar-refractivity contribution in [3.8, 4) is 0 Å². The second-order valence-electron chi connectivity index (χ2n) is 4.60. The Balaban J connectivity index is 0.000000422. The van der Waals surface area contributed by atoms with Crippen LogP contribution in [0.2, 0.25) is 0 Å². The van der Waals surface area contributed by atoms with E-state index < -0.39 is 7.25 Å². The molecule has 22 heavy (non-hydrogen) atoms. The fraction of sp³-hybridized carbons (Fsp3) is 0.357. The van der Waals surface area contributed by atoms with Crippen molar-refractivity contribution in [2.75, 3.05) is 0 Å². The summed E-state index contributed by atoms with van der Waals surface area (Å²) in [6.07, 6.45) is 3.10. The molecule has 122 valence electrons. The number of nitrogens with zero attached hydrogens (tertiary/aromatic N) is 1. The number of hydrogen-bond acceptors (Lipinski definition) is 0. The smallest absolute Gasteiger partial charge is 0.418 e. The molecule has 0 radical (unpaired) electrons. The molecule has 8 heteroatoms. The first-order chi connectivity index (χ1) is 10.2. The summed E-state index contributed by atoms with van der Waals surface area (Å²) in [7, 11) is -6.00. The molecule has 1 aromatic carbocycles. The van der Waals surface area contributed by atoms with E-state index in [0.29, 0.717) is 0 Å². The molecule has 0 saturated heterocycles. The monoisotopic (exact) mass is 451 g/mol. The summed E-state index contributed by atoms with van der Waals surface area (Å²) in [5.74, 6) is 0. The second-order valence-corrected chi connectivity index (χ2v) is 8.11. The van der Waals surface area contributed by atoms with E-state index in [4.69, 9.17) is 11.6 Å². The second kappa shape index (κ2) is 8.38. The van der Waals surface area contributed by atoms with Gasteiger partial charge in [-0.1, -0.05) is 0 Å². The number of aromatic nitrogens is 1. The summed E-state index contributed by atoms with van der Waals surface area (Å²) in [5, 5.41) is 0.966. The van der Waals surface area contributed by atoms with Crippen molar-refractivity contribution in [2.24, 2.45) is 0 Å². The van der Waals surface area contributed by atoms with Crippen LogP contribution in [0.1, 0.15) is 29.5 Å². The van der Waals surface area contributed by atoms with Crippen molar-refractivity contribution in [1.82, 2.24) is 0 Å². The molecule has 2 aromatic rings. The maximum absolute atomic E-state index is 9.75. The van der Waals surface area contributed by atoms with Gasteiger partial charge >= 0.3 is 125 Å². The minimum Gasteiger partial charge on any atom is -0.418 e. The molecule has 0 spiro atoms. The van der Waals surface area contributed by atoms with E-state index in [1.807, 2.05) is 0 Å². The van der Waals surface area contributed by atoms with E-state index in [1.54, 1.807) is 0 Å². The van der Waals surface area contributed by atoms with Gasteiger partial charge < -0.3 is 17.3 Å². The number of aryl methyl sites for hydroxylation is 2. The molecule has 2 rings (SSSR count). The summed E-state index contributed by atoms with van der Waals surface area (Å²) in [5.41, 5.74) is 2.74. The van der Waals surface area contributed by atoms with Gasteiger partial charge in [0.15, 0.2) is 0 Å². The fourth-order valence-electron chi connectivity index (χ4n) is 1.88. The third-order valence-corrected chi connectivity index (χ3v) is 6.37. The van der Waals surface area contributed by atoms with E-state index in [9.17, 15) is 17.3 Å². The van der Waals surface area contributed by atoms with E-state index in [1.165, 1.54) is 18.2 Å². The first kappa shape index (κ1) is 19.5. The summed E-state index contributed by atoms with van der Waals surface area (Å²) in [6.45, 7) is 7.49. The summed E-state index contributed by atoms with van der Waals surface area (Å²) in [6, 6.07) is 6.80. The van der Waals surface area contributed by atoms with Gasteiger partial charge in [0.25, 0.3) is 0 Å². The molecule has 1 heterocycles. The Morgan fingerprint density at radius 2 is 1.86 bits per heavy atom. The molecule has 0 atom stereocenters.